The predicted molar refractivity (Wildman–Crippen MR) is 114 cm³/mol. The third kappa shape index (κ3) is 7.50. The van der Waals surface area contributed by atoms with Crippen LogP contribution in [0.25, 0.3) is 11.1 Å². The van der Waals surface area contributed by atoms with E-state index >= 15 is 0 Å². The van der Waals surface area contributed by atoms with Gasteiger partial charge in [0.1, 0.15) is 6.17 Å². The van der Waals surface area contributed by atoms with Crippen molar-refractivity contribution in [3.05, 3.63) is 59.7 Å². The van der Waals surface area contributed by atoms with E-state index in [1.54, 1.807) is 24.3 Å². The van der Waals surface area contributed by atoms with Gasteiger partial charge in [-0.25, -0.2) is 30.7 Å². The van der Waals surface area contributed by atoms with Crippen LogP contribution in [0.4, 0.5) is 4.39 Å². The van der Waals surface area contributed by atoms with Crippen molar-refractivity contribution >= 4 is 20.0 Å². The Morgan fingerprint density at radius 2 is 1.38 bits per heavy atom. The molecule has 0 bridgehead atoms. The molecule has 1 unspecified atom stereocenters. The molecule has 2 rings (SSSR count). The number of benzene rings is 2. The maximum atomic E-state index is 14.3. The van der Waals surface area contributed by atoms with Crippen LogP contribution in [0.3, 0.4) is 0 Å². The average Bonchev–Trinajstić information content (AvgIpc) is 2.66. The first-order valence-corrected chi connectivity index (χ1v) is 12.7. The van der Waals surface area contributed by atoms with Crippen LogP contribution in [0.5, 0.6) is 0 Å². The fourth-order valence-corrected chi connectivity index (χ4v) is 3.79. The summed E-state index contributed by atoms with van der Waals surface area (Å²) in [5.74, 6) is 0. The zero-order valence-corrected chi connectivity index (χ0v) is 18.4. The average molecular weight is 443 g/mol. The molecule has 29 heavy (non-hydrogen) atoms. The molecule has 160 valence electrons. The second-order valence-corrected chi connectivity index (χ2v) is 11.3. The molecule has 1 atom stereocenters. The van der Waals surface area contributed by atoms with E-state index in [-0.39, 0.29) is 6.54 Å². The van der Waals surface area contributed by atoms with Crippen LogP contribution in [0.2, 0.25) is 0 Å². The maximum Gasteiger partial charge on any atom is 0.214 e. The largest absolute Gasteiger partial charge is 0.241 e. The highest BCUT2D eigenvalue weighted by molar-refractivity contribution is 7.90. The van der Waals surface area contributed by atoms with Crippen LogP contribution in [0.15, 0.2) is 48.5 Å². The topological polar surface area (TPSA) is 92.3 Å². The van der Waals surface area contributed by atoms with Crippen molar-refractivity contribution in [1.29, 1.82) is 0 Å². The number of halogens is 1. The molecule has 0 amide bonds. The van der Waals surface area contributed by atoms with Crippen LogP contribution in [0, 0.1) is 0 Å². The van der Waals surface area contributed by atoms with Gasteiger partial charge in [0.25, 0.3) is 0 Å². The Kier molecular flexibility index (Phi) is 7.93. The van der Waals surface area contributed by atoms with Gasteiger partial charge in [-0.1, -0.05) is 48.5 Å². The quantitative estimate of drug-likeness (QED) is 0.592. The maximum absolute atomic E-state index is 14.3. The summed E-state index contributed by atoms with van der Waals surface area (Å²) in [5.41, 5.74) is 3.27. The fraction of sp³-hybridized carbons (Fsp3) is 0.400. The normalized spacial score (nSPS) is 13.6. The van der Waals surface area contributed by atoms with Crippen molar-refractivity contribution in [2.24, 2.45) is 0 Å². The lowest BCUT2D eigenvalue weighted by atomic mass is 10.0. The third-order valence-corrected chi connectivity index (χ3v) is 6.96. The zero-order valence-electron chi connectivity index (χ0n) is 16.7. The molecule has 0 saturated carbocycles. The summed E-state index contributed by atoms with van der Waals surface area (Å²) in [6, 6.07) is 14.6. The van der Waals surface area contributed by atoms with Crippen molar-refractivity contribution in [2.75, 3.05) is 19.3 Å². The molecule has 0 aliphatic carbocycles. The minimum Gasteiger partial charge on any atom is -0.241 e. The summed E-state index contributed by atoms with van der Waals surface area (Å²) in [7, 11) is -6.69. The summed E-state index contributed by atoms with van der Waals surface area (Å²) >= 11 is 0. The third-order valence-electron chi connectivity index (χ3n) is 4.42. The van der Waals surface area contributed by atoms with E-state index < -0.39 is 31.5 Å². The molecular weight excluding hydrogens is 415 g/mol. The number of sulfonamides is 2. The summed E-state index contributed by atoms with van der Waals surface area (Å²) in [4.78, 5) is 0. The van der Waals surface area contributed by atoms with E-state index in [1.165, 1.54) is 13.8 Å². The van der Waals surface area contributed by atoms with Crippen molar-refractivity contribution < 1.29 is 21.2 Å². The van der Waals surface area contributed by atoms with E-state index in [9.17, 15) is 21.2 Å². The molecule has 0 spiro atoms. The van der Waals surface area contributed by atoms with E-state index in [4.69, 9.17) is 0 Å². The Morgan fingerprint density at radius 1 is 0.862 bits per heavy atom. The van der Waals surface area contributed by atoms with Crippen LogP contribution < -0.4 is 9.44 Å². The van der Waals surface area contributed by atoms with Gasteiger partial charge in [-0.3, -0.25) is 0 Å². The van der Waals surface area contributed by atoms with E-state index in [1.807, 2.05) is 24.3 Å². The van der Waals surface area contributed by atoms with Gasteiger partial charge in [0.2, 0.25) is 20.0 Å². The molecule has 0 aromatic heterocycles. The molecule has 9 heteroatoms. The molecule has 0 fully saturated rings. The molecule has 0 aliphatic heterocycles. The number of hydrogen-bond donors (Lipinski definition) is 2. The van der Waals surface area contributed by atoms with Crippen molar-refractivity contribution in [3.8, 4) is 11.1 Å². The molecule has 2 N–H and O–H groups in total. The van der Waals surface area contributed by atoms with Crippen molar-refractivity contribution in [1.82, 2.24) is 9.44 Å². The Balaban J connectivity index is 1.97. The molecule has 2 aromatic carbocycles. The molecular formula is C20H27FN2O4S2. The Hall–Kier alpha value is -1.81. The lowest BCUT2D eigenvalue weighted by Crippen LogP contribution is -2.33. The molecule has 6 nitrogen and oxygen atoms in total. The summed E-state index contributed by atoms with van der Waals surface area (Å²) in [6.45, 7) is 3.12. The minimum atomic E-state index is -3.50. The smallest absolute Gasteiger partial charge is 0.214 e. The molecule has 0 radical (unpaired) electrons. The lowest BCUT2D eigenvalue weighted by Gasteiger charge is -2.13. The zero-order chi connectivity index (χ0) is 21.7. The standard InChI is InChI=1S/C20H27FN2O4S2/c1-15(2)29(26,27)23-14-20(21)19-10-8-18(9-11-19)17-6-4-16(5-7-17)12-13-22-28(3,24)25/h4-11,15,20,22-23H,12-14H2,1-3H3. The monoisotopic (exact) mass is 442 g/mol. The van der Waals surface area contributed by atoms with E-state index in [0.717, 1.165) is 22.9 Å². The van der Waals surface area contributed by atoms with Gasteiger partial charge in [0, 0.05) is 13.1 Å². The highest BCUT2D eigenvalue weighted by Crippen LogP contribution is 2.24. The summed E-state index contributed by atoms with van der Waals surface area (Å²) < 4.78 is 64.7. The van der Waals surface area contributed by atoms with Gasteiger partial charge in [-0.05, 0) is 42.5 Å². The van der Waals surface area contributed by atoms with E-state index in [2.05, 4.69) is 9.44 Å². The molecule has 0 heterocycles. The van der Waals surface area contributed by atoms with Crippen LogP contribution in [-0.4, -0.2) is 41.4 Å². The van der Waals surface area contributed by atoms with E-state index in [0.29, 0.717) is 18.5 Å². The first-order valence-electron chi connectivity index (χ1n) is 9.24. The minimum absolute atomic E-state index is 0.296. The van der Waals surface area contributed by atoms with Crippen molar-refractivity contribution in [3.63, 3.8) is 0 Å². The number of rotatable bonds is 10. The van der Waals surface area contributed by atoms with Crippen LogP contribution in [-0.2, 0) is 26.5 Å². The first-order chi connectivity index (χ1) is 13.5. The Bertz CT molecular complexity index is 1000. The second kappa shape index (κ2) is 9.80. The Labute approximate surface area is 172 Å². The van der Waals surface area contributed by atoms with Gasteiger partial charge in [0.15, 0.2) is 0 Å². The first kappa shape index (κ1) is 23.5. The second-order valence-electron chi connectivity index (χ2n) is 7.15. The fourth-order valence-electron chi connectivity index (χ4n) is 2.60. The lowest BCUT2D eigenvalue weighted by molar-refractivity contribution is 0.343. The SMILES string of the molecule is CC(C)S(=O)(=O)NCC(F)c1ccc(-c2ccc(CCNS(C)(=O)=O)cc2)cc1. The van der Waals surface area contributed by atoms with Crippen LogP contribution >= 0.6 is 0 Å². The van der Waals surface area contributed by atoms with Gasteiger partial charge in [-0.15, -0.1) is 0 Å². The van der Waals surface area contributed by atoms with Gasteiger partial charge in [0.05, 0.1) is 11.5 Å². The number of hydrogen-bond acceptors (Lipinski definition) is 4. The van der Waals surface area contributed by atoms with Crippen LogP contribution in [0.1, 0.15) is 31.1 Å². The highest BCUT2D eigenvalue weighted by atomic mass is 32.2. The van der Waals surface area contributed by atoms with Gasteiger partial charge >= 0.3 is 0 Å². The molecule has 0 saturated heterocycles. The number of nitrogens with one attached hydrogen (secondary N) is 2. The molecule has 0 aliphatic rings. The summed E-state index contributed by atoms with van der Waals surface area (Å²) in [5, 5.41) is -0.609. The molecule has 2 aromatic rings. The van der Waals surface area contributed by atoms with Gasteiger partial charge < -0.3 is 0 Å². The van der Waals surface area contributed by atoms with Gasteiger partial charge in [-0.2, -0.15) is 0 Å². The highest BCUT2D eigenvalue weighted by Gasteiger charge is 2.18. The predicted octanol–water partition coefficient (Wildman–Crippen LogP) is 2.78. The summed E-state index contributed by atoms with van der Waals surface area (Å²) in [6.07, 6.45) is 0.283. The number of alkyl halides is 1. The van der Waals surface area contributed by atoms with Crippen molar-refractivity contribution in [2.45, 2.75) is 31.7 Å². The Morgan fingerprint density at radius 3 is 1.86 bits per heavy atom.